The van der Waals surface area contributed by atoms with Gasteiger partial charge in [-0.3, -0.25) is 4.79 Å². The molecule has 0 spiro atoms. The van der Waals surface area contributed by atoms with Crippen LogP contribution in [-0.4, -0.2) is 25.7 Å². The first-order valence-corrected chi connectivity index (χ1v) is 10.1. The summed E-state index contributed by atoms with van der Waals surface area (Å²) in [4.78, 5) is 12.7. The van der Waals surface area contributed by atoms with Gasteiger partial charge in [0.1, 0.15) is 11.5 Å². The third-order valence-corrected chi connectivity index (χ3v) is 4.75. The number of methoxy groups -OCH3 is 1. The molecule has 0 aliphatic carbocycles. The van der Waals surface area contributed by atoms with Crippen molar-refractivity contribution in [2.24, 2.45) is 11.7 Å². The fourth-order valence-corrected chi connectivity index (χ4v) is 3.22. The van der Waals surface area contributed by atoms with Crippen LogP contribution in [0.25, 0.3) is 0 Å². The van der Waals surface area contributed by atoms with Crippen LogP contribution in [-0.2, 0) is 23.9 Å². The summed E-state index contributed by atoms with van der Waals surface area (Å²) in [6.45, 7) is 3.93. The van der Waals surface area contributed by atoms with Gasteiger partial charge in [-0.2, -0.15) is 13.2 Å². The van der Waals surface area contributed by atoms with Crippen molar-refractivity contribution in [3.63, 3.8) is 0 Å². The van der Waals surface area contributed by atoms with Gasteiger partial charge in [-0.1, -0.05) is 38.1 Å². The van der Waals surface area contributed by atoms with E-state index in [2.05, 4.69) is 5.32 Å². The molecule has 1 amide bonds. The van der Waals surface area contributed by atoms with Gasteiger partial charge in [0.15, 0.2) is 6.10 Å². The van der Waals surface area contributed by atoms with Crippen LogP contribution in [0.3, 0.4) is 0 Å². The van der Waals surface area contributed by atoms with E-state index in [-0.39, 0.29) is 29.7 Å². The summed E-state index contributed by atoms with van der Waals surface area (Å²) in [5.41, 5.74) is 5.49. The molecule has 0 radical (unpaired) electrons. The zero-order chi connectivity index (χ0) is 23.0. The van der Waals surface area contributed by atoms with Crippen molar-refractivity contribution in [3.8, 4) is 11.5 Å². The number of para-hydroxylation sites is 1. The number of benzene rings is 2. The summed E-state index contributed by atoms with van der Waals surface area (Å²) in [6, 6.07) is 11.1. The van der Waals surface area contributed by atoms with Gasteiger partial charge >= 0.3 is 6.18 Å². The Labute approximate surface area is 180 Å². The number of halogens is 3. The summed E-state index contributed by atoms with van der Waals surface area (Å²) >= 11 is 0. The lowest BCUT2D eigenvalue weighted by molar-refractivity contribution is -0.138. The number of carbonyl (C=O) groups is 1. The monoisotopic (exact) mass is 438 g/mol. The summed E-state index contributed by atoms with van der Waals surface area (Å²) in [6.07, 6.45) is -4.56. The van der Waals surface area contributed by atoms with E-state index in [0.717, 1.165) is 17.4 Å². The lowest BCUT2D eigenvalue weighted by atomic mass is 10.0. The molecule has 0 fully saturated rings. The third kappa shape index (κ3) is 7.17. The normalized spacial score (nSPS) is 12.5. The summed E-state index contributed by atoms with van der Waals surface area (Å²) in [5, 5.41) is 2.81. The number of ether oxygens (including phenoxy) is 2. The fourth-order valence-electron chi connectivity index (χ4n) is 3.22. The second kappa shape index (κ2) is 11.0. The Morgan fingerprint density at radius 3 is 2.45 bits per heavy atom. The minimum absolute atomic E-state index is 0.0185. The Bertz CT molecular complexity index is 869. The number of nitrogens with two attached hydrogens (primary N) is 1. The Morgan fingerprint density at radius 2 is 1.84 bits per heavy atom. The van der Waals surface area contributed by atoms with Gasteiger partial charge in [0.2, 0.25) is 0 Å². The molecular formula is C23H29F3N2O3. The molecule has 3 N–H and O–H groups in total. The molecule has 2 rings (SSSR count). The second-order valence-corrected chi connectivity index (χ2v) is 7.61. The van der Waals surface area contributed by atoms with Gasteiger partial charge in [-0.15, -0.1) is 0 Å². The number of amides is 1. The van der Waals surface area contributed by atoms with Crippen molar-refractivity contribution >= 4 is 5.91 Å². The average molecular weight is 438 g/mol. The van der Waals surface area contributed by atoms with Crippen LogP contribution in [0.1, 0.15) is 37.0 Å². The van der Waals surface area contributed by atoms with Crippen molar-refractivity contribution in [2.45, 2.75) is 45.5 Å². The summed E-state index contributed by atoms with van der Waals surface area (Å²) in [5.74, 6) is 0.442. The second-order valence-electron chi connectivity index (χ2n) is 7.61. The highest BCUT2D eigenvalue weighted by Gasteiger charge is 2.34. The molecule has 5 nitrogen and oxygen atoms in total. The maximum absolute atomic E-state index is 13.3. The van der Waals surface area contributed by atoms with Crippen LogP contribution in [0.2, 0.25) is 0 Å². The molecule has 2 aromatic rings. The Hall–Kier alpha value is -2.74. The molecule has 2 aromatic carbocycles. The highest BCUT2D eigenvalue weighted by Crippen LogP contribution is 2.34. The zero-order valence-corrected chi connectivity index (χ0v) is 18.0. The maximum atomic E-state index is 13.3. The topological polar surface area (TPSA) is 73.6 Å². The molecule has 0 aliphatic heterocycles. The SMILES string of the molecule is COc1ccccc1CCNC(=O)C(CC(C)C)Oc1ccc(CN)c(C(F)(F)F)c1. The van der Waals surface area contributed by atoms with Crippen LogP contribution in [0.15, 0.2) is 42.5 Å². The summed E-state index contributed by atoms with van der Waals surface area (Å²) in [7, 11) is 1.58. The first-order valence-electron chi connectivity index (χ1n) is 10.1. The number of carbonyl (C=O) groups excluding carboxylic acids is 1. The van der Waals surface area contributed by atoms with Crippen LogP contribution >= 0.6 is 0 Å². The lowest BCUT2D eigenvalue weighted by Gasteiger charge is -2.22. The van der Waals surface area contributed by atoms with Crippen LogP contribution in [0.4, 0.5) is 13.2 Å². The quantitative estimate of drug-likeness (QED) is 0.579. The molecule has 0 bridgehead atoms. The molecule has 31 heavy (non-hydrogen) atoms. The highest BCUT2D eigenvalue weighted by molar-refractivity contribution is 5.81. The number of alkyl halides is 3. The summed E-state index contributed by atoms with van der Waals surface area (Å²) < 4.78 is 50.9. The molecule has 0 aliphatic rings. The number of hydrogen-bond acceptors (Lipinski definition) is 4. The van der Waals surface area contributed by atoms with Crippen molar-refractivity contribution in [1.82, 2.24) is 5.32 Å². The predicted molar refractivity (Wildman–Crippen MR) is 113 cm³/mol. The molecule has 0 aromatic heterocycles. The van der Waals surface area contributed by atoms with Crippen LogP contribution in [0.5, 0.6) is 11.5 Å². The third-order valence-electron chi connectivity index (χ3n) is 4.75. The number of nitrogens with one attached hydrogen (secondary N) is 1. The Balaban J connectivity index is 2.10. The molecule has 0 saturated carbocycles. The standard InChI is InChI=1S/C23H29F3N2O3/c1-15(2)12-21(22(29)28-11-10-16-6-4-5-7-20(16)30-3)31-18-9-8-17(14-27)19(13-18)23(24,25)26/h4-9,13,15,21H,10-12,14,27H2,1-3H3,(H,28,29). The van der Waals surface area contributed by atoms with E-state index in [1.165, 1.54) is 12.1 Å². The van der Waals surface area contributed by atoms with Gasteiger partial charge in [-0.25, -0.2) is 0 Å². The van der Waals surface area contributed by atoms with E-state index in [0.29, 0.717) is 19.4 Å². The molecule has 1 unspecified atom stereocenters. The molecular weight excluding hydrogens is 409 g/mol. The van der Waals surface area contributed by atoms with Gasteiger partial charge in [-0.05, 0) is 48.1 Å². The number of hydrogen-bond donors (Lipinski definition) is 2. The van der Waals surface area contributed by atoms with Crippen molar-refractivity contribution in [2.75, 3.05) is 13.7 Å². The van der Waals surface area contributed by atoms with Gasteiger partial charge < -0.3 is 20.5 Å². The van der Waals surface area contributed by atoms with E-state index in [1.54, 1.807) is 7.11 Å². The maximum Gasteiger partial charge on any atom is 0.416 e. The van der Waals surface area contributed by atoms with Gasteiger partial charge in [0.25, 0.3) is 5.91 Å². The van der Waals surface area contributed by atoms with E-state index in [9.17, 15) is 18.0 Å². The predicted octanol–water partition coefficient (Wildman–Crippen LogP) is 4.33. The Kier molecular flexibility index (Phi) is 8.74. The van der Waals surface area contributed by atoms with E-state index in [1.807, 2.05) is 38.1 Å². The molecule has 8 heteroatoms. The average Bonchev–Trinajstić information content (AvgIpc) is 2.72. The van der Waals surface area contributed by atoms with Crippen LogP contribution in [0, 0.1) is 5.92 Å². The minimum atomic E-state index is -4.56. The van der Waals surface area contributed by atoms with Crippen molar-refractivity contribution in [1.29, 1.82) is 0 Å². The van der Waals surface area contributed by atoms with E-state index in [4.69, 9.17) is 15.2 Å². The molecule has 0 saturated heterocycles. The zero-order valence-electron chi connectivity index (χ0n) is 18.0. The van der Waals surface area contributed by atoms with Crippen molar-refractivity contribution < 1.29 is 27.4 Å². The lowest BCUT2D eigenvalue weighted by Crippen LogP contribution is -2.40. The smallest absolute Gasteiger partial charge is 0.416 e. The van der Waals surface area contributed by atoms with Crippen LogP contribution < -0.4 is 20.5 Å². The largest absolute Gasteiger partial charge is 0.496 e. The van der Waals surface area contributed by atoms with E-state index >= 15 is 0 Å². The number of rotatable bonds is 10. The molecule has 170 valence electrons. The first-order chi connectivity index (χ1) is 14.7. The molecule has 1 atom stereocenters. The first kappa shape index (κ1) is 24.5. The minimum Gasteiger partial charge on any atom is -0.496 e. The Morgan fingerprint density at radius 1 is 1.13 bits per heavy atom. The highest BCUT2D eigenvalue weighted by atomic mass is 19.4. The van der Waals surface area contributed by atoms with E-state index < -0.39 is 17.8 Å². The van der Waals surface area contributed by atoms with Gasteiger partial charge in [0.05, 0.1) is 12.7 Å². The fraction of sp³-hybridized carbons (Fsp3) is 0.435. The van der Waals surface area contributed by atoms with Crippen molar-refractivity contribution in [3.05, 3.63) is 59.2 Å². The van der Waals surface area contributed by atoms with Gasteiger partial charge in [0, 0.05) is 13.1 Å². The molecule has 0 heterocycles.